The molecular formula is C11H20ClN5O. The molecule has 18 heavy (non-hydrogen) atoms. The zero-order valence-corrected chi connectivity index (χ0v) is 11.8. The molecule has 0 radical (unpaired) electrons. The molecule has 1 heterocycles. The number of hydrogen-bond donors (Lipinski definition) is 2. The molecule has 0 saturated carbocycles. The van der Waals surface area contributed by atoms with Gasteiger partial charge in [0.2, 0.25) is 17.2 Å². The molecule has 0 spiro atoms. The van der Waals surface area contributed by atoms with E-state index in [1.54, 1.807) is 0 Å². The van der Waals surface area contributed by atoms with Gasteiger partial charge in [0.1, 0.15) is 0 Å². The van der Waals surface area contributed by atoms with Gasteiger partial charge in [-0.25, -0.2) is 0 Å². The Kier molecular flexibility index (Phi) is 6.07. The first-order chi connectivity index (χ1) is 8.60. The van der Waals surface area contributed by atoms with E-state index in [1.807, 2.05) is 25.7 Å². The molecule has 2 N–H and O–H groups in total. The second kappa shape index (κ2) is 7.33. The highest BCUT2D eigenvalue weighted by Gasteiger charge is 2.10. The predicted octanol–water partition coefficient (Wildman–Crippen LogP) is 1.55. The quantitative estimate of drug-likeness (QED) is 0.785. The van der Waals surface area contributed by atoms with Crippen LogP contribution in [0.15, 0.2) is 0 Å². The van der Waals surface area contributed by atoms with Crippen LogP contribution in [0.1, 0.15) is 27.2 Å². The van der Waals surface area contributed by atoms with E-state index in [2.05, 4.69) is 20.3 Å². The summed E-state index contributed by atoms with van der Waals surface area (Å²) in [5.41, 5.74) is 0. The van der Waals surface area contributed by atoms with Gasteiger partial charge in [-0.1, -0.05) is 6.92 Å². The maximum Gasteiger partial charge on any atom is 0.231 e. The van der Waals surface area contributed by atoms with E-state index in [9.17, 15) is 5.11 Å². The summed E-state index contributed by atoms with van der Waals surface area (Å²) >= 11 is 5.87. The number of nitrogens with one attached hydrogen (secondary N) is 1. The van der Waals surface area contributed by atoms with Crippen LogP contribution in [0, 0.1) is 0 Å². The van der Waals surface area contributed by atoms with Crippen LogP contribution < -0.4 is 10.2 Å². The fraction of sp³-hybridized carbons (Fsp3) is 0.727. The third-order valence-corrected chi connectivity index (χ3v) is 2.78. The fourth-order valence-corrected chi connectivity index (χ4v) is 1.58. The molecule has 7 heteroatoms. The van der Waals surface area contributed by atoms with Crippen LogP contribution in [-0.2, 0) is 0 Å². The van der Waals surface area contributed by atoms with E-state index in [4.69, 9.17) is 11.6 Å². The number of hydrogen-bond acceptors (Lipinski definition) is 6. The molecule has 1 aromatic rings. The van der Waals surface area contributed by atoms with Crippen LogP contribution in [0.4, 0.5) is 11.9 Å². The van der Waals surface area contributed by atoms with Crippen LogP contribution in [0.5, 0.6) is 0 Å². The van der Waals surface area contributed by atoms with Crippen LogP contribution in [-0.4, -0.2) is 45.8 Å². The molecular weight excluding hydrogens is 254 g/mol. The standard InChI is InChI=1S/C11H20ClN5O/c1-4-8(18)7-13-10-14-9(12)15-11(16-10)17(5-2)6-3/h8,18H,4-7H2,1-3H3,(H,13,14,15,16). The molecule has 0 saturated heterocycles. The molecule has 1 aromatic heterocycles. The minimum atomic E-state index is -0.419. The van der Waals surface area contributed by atoms with E-state index in [0.717, 1.165) is 13.1 Å². The average Bonchev–Trinajstić information content (AvgIpc) is 2.37. The maximum absolute atomic E-state index is 9.48. The molecule has 1 atom stereocenters. The van der Waals surface area contributed by atoms with Crippen molar-refractivity contribution >= 4 is 23.5 Å². The highest BCUT2D eigenvalue weighted by molar-refractivity contribution is 6.28. The van der Waals surface area contributed by atoms with E-state index in [1.165, 1.54) is 0 Å². The Bertz CT molecular complexity index is 372. The minimum Gasteiger partial charge on any atom is -0.391 e. The topological polar surface area (TPSA) is 74.2 Å². The summed E-state index contributed by atoms with van der Waals surface area (Å²) in [5.74, 6) is 0.942. The Balaban J connectivity index is 2.80. The van der Waals surface area contributed by atoms with Crippen LogP contribution in [0.25, 0.3) is 0 Å². The molecule has 0 aliphatic rings. The van der Waals surface area contributed by atoms with Crippen molar-refractivity contribution in [3.8, 4) is 0 Å². The van der Waals surface area contributed by atoms with Crippen LogP contribution in [0.3, 0.4) is 0 Å². The summed E-state index contributed by atoms with van der Waals surface area (Å²) in [6, 6.07) is 0. The highest BCUT2D eigenvalue weighted by atomic mass is 35.5. The van der Waals surface area contributed by atoms with Gasteiger partial charge in [-0.2, -0.15) is 15.0 Å². The lowest BCUT2D eigenvalue weighted by Crippen LogP contribution is -2.26. The largest absolute Gasteiger partial charge is 0.391 e. The molecule has 0 aliphatic carbocycles. The molecule has 0 fully saturated rings. The van der Waals surface area contributed by atoms with Crippen LogP contribution >= 0.6 is 11.6 Å². The summed E-state index contributed by atoms with van der Waals surface area (Å²) in [5, 5.41) is 12.6. The van der Waals surface area contributed by atoms with Gasteiger partial charge in [0.05, 0.1) is 6.10 Å². The first-order valence-electron chi connectivity index (χ1n) is 6.19. The van der Waals surface area contributed by atoms with Crippen molar-refractivity contribution in [2.24, 2.45) is 0 Å². The van der Waals surface area contributed by atoms with E-state index in [0.29, 0.717) is 24.9 Å². The normalized spacial score (nSPS) is 12.3. The smallest absolute Gasteiger partial charge is 0.231 e. The number of rotatable bonds is 7. The summed E-state index contributed by atoms with van der Waals surface area (Å²) in [6.07, 6.45) is 0.256. The Morgan fingerprint density at radius 2 is 1.89 bits per heavy atom. The SMILES string of the molecule is CCC(O)CNc1nc(Cl)nc(N(CC)CC)n1. The van der Waals surface area contributed by atoms with Gasteiger partial charge in [0.25, 0.3) is 0 Å². The second-order valence-corrected chi connectivity index (χ2v) is 4.18. The van der Waals surface area contributed by atoms with Crippen molar-refractivity contribution in [2.45, 2.75) is 33.3 Å². The number of anilines is 2. The number of halogens is 1. The monoisotopic (exact) mass is 273 g/mol. The van der Waals surface area contributed by atoms with Crippen molar-refractivity contribution in [3.63, 3.8) is 0 Å². The highest BCUT2D eigenvalue weighted by Crippen LogP contribution is 2.13. The van der Waals surface area contributed by atoms with Gasteiger partial charge >= 0.3 is 0 Å². The molecule has 1 rings (SSSR count). The molecule has 0 aliphatic heterocycles. The van der Waals surface area contributed by atoms with Gasteiger partial charge < -0.3 is 15.3 Å². The van der Waals surface area contributed by atoms with Crippen molar-refractivity contribution in [3.05, 3.63) is 5.28 Å². The lowest BCUT2D eigenvalue weighted by Gasteiger charge is -2.19. The number of nitrogens with zero attached hydrogens (tertiary/aromatic N) is 4. The zero-order valence-electron chi connectivity index (χ0n) is 11.0. The Hall–Kier alpha value is -1.14. The minimum absolute atomic E-state index is 0.153. The maximum atomic E-state index is 9.48. The average molecular weight is 274 g/mol. The van der Waals surface area contributed by atoms with E-state index in [-0.39, 0.29) is 5.28 Å². The Morgan fingerprint density at radius 3 is 2.44 bits per heavy atom. The molecule has 0 bridgehead atoms. The first-order valence-corrected chi connectivity index (χ1v) is 6.56. The van der Waals surface area contributed by atoms with Gasteiger partial charge in [0.15, 0.2) is 0 Å². The molecule has 6 nitrogen and oxygen atoms in total. The molecule has 102 valence electrons. The van der Waals surface area contributed by atoms with E-state index >= 15 is 0 Å². The zero-order chi connectivity index (χ0) is 13.5. The summed E-state index contributed by atoms with van der Waals surface area (Å²) in [6.45, 7) is 7.95. The van der Waals surface area contributed by atoms with Crippen LogP contribution in [0.2, 0.25) is 5.28 Å². The number of aliphatic hydroxyl groups is 1. The Labute approximate surface area is 112 Å². The molecule has 0 amide bonds. The van der Waals surface area contributed by atoms with E-state index < -0.39 is 6.10 Å². The fourth-order valence-electron chi connectivity index (χ4n) is 1.42. The van der Waals surface area contributed by atoms with Crippen molar-refractivity contribution < 1.29 is 5.11 Å². The van der Waals surface area contributed by atoms with Crippen molar-refractivity contribution in [2.75, 3.05) is 29.9 Å². The van der Waals surface area contributed by atoms with Gasteiger partial charge in [-0.15, -0.1) is 0 Å². The number of aliphatic hydroxyl groups excluding tert-OH is 1. The lowest BCUT2D eigenvalue weighted by molar-refractivity contribution is 0.183. The molecule has 0 aromatic carbocycles. The lowest BCUT2D eigenvalue weighted by atomic mass is 10.3. The third-order valence-electron chi connectivity index (χ3n) is 2.61. The second-order valence-electron chi connectivity index (χ2n) is 3.84. The van der Waals surface area contributed by atoms with Crippen molar-refractivity contribution in [1.29, 1.82) is 0 Å². The number of aromatic nitrogens is 3. The first kappa shape index (κ1) is 14.9. The van der Waals surface area contributed by atoms with Gasteiger partial charge in [0, 0.05) is 19.6 Å². The summed E-state index contributed by atoms with van der Waals surface area (Å²) in [7, 11) is 0. The third kappa shape index (κ3) is 4.27. The summed E-state index contributed by atoms with van der Waals surface area (Å²) < 4.78 is 0. The Morgan fingerprint density at radius 1 is 1.22 bits per heavy atom. The molecule has 1 unspecified atom stereocenters. The summed E-state index contributed by atoms with van der Waals surface area (Å²) in [4.78, 5) is 14.3. The van der Waals surface area contributed by atoms with Gasteiger partial charge in [-0.3, -0.25) is 0 Å². The van der Waals surface area contributed by atoms with Crippen molar-refractivity contribution in [1.82, 2.24) is 15.0 Å². The van der Waals surface area contributed by atoms with Gasteiger partial charge in [-0.05, 0) is 31.9 Å². The predicted molar refractivity (Wildman–Crippen MR) is 73.2 cm³/mol.